The Morgan fingerprint density at radius 3 is 2.42 bits per heavy atom. The quantitative estimate of drug-likeness (QED) is 0.909. The van der Waals surface area contributed by atoms with Gasteiger partial charge in [0.2, 0.25) is 0 Å². The predicted molar refractivity (Wildman–Crippen MR) is 72.6 cm³/mol. The topological polar surface area (TPSA) is 31.4 Å². The molecule has 0 atom stereocenters. The highest BCUT2D eigenvalue weighted by molar-refractivity contribution is 5.49. The van der Waals surface area contributed by atoms with E-state index >= 15 is 0 Å². The fourth-order valence-corrected chi connectivity index (χ4v) is 2.45. The summed E-state index contributed by atoms with van der Waals surface area (Å²) < 4.78 is 27.2. The molecule has 0 aromatic carbocycles. The van der Waals surface area contributed by atoms with Gasteiger partial charge in [-0.15, -0.1) is 0 Å². The molecule has 0 aliphatic carbocycles. The van der Waals surface area contributed by atoms with E-state index in [-0.39, 0.29) is 11.6 Å². The minimum absolute atomic E-state index is 0.0890. The number of halogens is 2. The van der Waals surface area contributed by atoms with Crippen molar-refractivity contribution in [3.63, 3.8) is 0 Å². The van der Waals surface area contributed by atoms with Gasteiger partial charge >= 0.3 is 0 Å². The molecule has 19 heavy (non-hydrogen) atoms. The Labute approximate surface area is 112 Å². The van der Waals surface area contributed by atoms with Crippen LogP contribution in [0.4, 0.5) is 20.4 Å². The molecule has 1 aromatic heterocycles. The number of nitrogens with zero attached hydrogens (tertiary/aromatic N) is 3. The van der Waals surface area contributed by atoms with Crippen LogP contribution < -0.4 is 10.2 Å². The van der Waals surface area contributed by atoms with E-state index in [4.69, 9.17) is 0 Å². The lowest BCUT2D eigenvalue weighted by atomic mass is 10.0. The maximum Gasteiger partial charge on any atom is 0.168 e. The van der Waals surface area contributed by atoms with Gasteiger partial charge in [-0.05, 0) is 26.9 Å². The zero-order chi connectivity index (χ0) is 14.0. The molecule has 106 valence electrons. The van der Waals surface area contributed by atoms with Crippen molar-refractivity contribution in [1.29, 1.82) is 0 Å². The molecule has 0 saturated carbocycles. The highest BCUT2D eigenvalue weighted by Gasteiger charge is 2.24. The Morgan fingerprint density at radius 1 is 1.26 bits per heavy atom. The van der Waals surface area contributed by atoms with Gasteiger partial charge in [-0.3, -0.25) is 0 Å². The van der Waals surface area contributed by atoms with Gasteiger partial charge in [-0.25, -0.2) is 13.8 Å². The Kier molecular flexibility index (Phi) is 4.19. The zero-order valence-electron chi connectivity index (χ0n) is 11.6. The Morgan fingerprint density at radius 2 is 1.89 bits per heavy atom. The number of anilines is 2. The highest BCUT2D eigenvalue weighted by Crippen LogP contribution is 2.25. The van der Waals surface area contributed by atoms with Crippen LogP contribution in [0, 0.1) is 11.6 Å². The van der Waals surface area contributed by atoms with Crippen LogP contribution in [0.3, 0.4) is 0 Å². The summed E-state index contributed by atoms with van der Waals surface area (Å²) >= 11 is 0. The summed E-state index contributed by atoms with van der Waals surface area (Å²) in [6.07, 6.45) is 1.92. The number of hydrogen-bond acceptors (Lipinski definition) is 4. The van der Waals surface area contributed by atoms with E-state index in [0.717, 1.165) is 32.0 Å². The standard InChI is InChI=1S/C13H20F2N4/c1-16-12-10(14)8-11(15)13(17-12)19-6-4-9(5-7-19)18(2)3/h8-9H,4-7H2,1-3H3,(H,16,17). The fraction of sp³-hybridized carbons (Fsp3) is 0.615. The molecule has 6 heteroatoms. The summed E-state index contributed by atoms with van der Waals surface area (Å²) in [5, 5.41) is 2.64. The molecule has 1 aliphatic heterocycles. The third-order valence-corrected chi connectivity index (χ3v) is 3.64. The van der Waals surface area contributed by atoms with Crippen LogP contribution >= 0.6 is 0 Å². The van der Waals surface area contributed by atoms with Crippen LogP contribution in [0.1, 0.15) is 12.8 Å². The van der Waals surface area contributed by atoms with Crippen LogP contribution in [0.2, 0.25) is 0 Å². The molecule has 2 rings (SSSR count). The minimum Gasteiger partial charge on any atom is -0.371 e. The van der Waals surface area contributed by atoms with Gasteiger partial charge < -0.3 is 15.1 Å². The smallest absolute Gasteiger partial charge is 0.168 e. The fourth-order valence-electron chi connectivity index (χ4n) is 2.45. The average Bonchev–Trinajstić information content (AvgIpc) is 2.39. The van der Waals surface area contributed by atoms with E-state index < -0.39 is 11.6 Å². The van der Waals surface area contributed by atoms with E-state index in [2.05, 4.69) is 29.3 Å². The largest absolute Gasteiger partial charge is 0.371 e. The van der Waals surface area contributed by atoms with Crippen molar-refractivity contribution in [1.82, 2.24) is 9.88 Å². The molecule has 1 saturated heterocycles. The Balaban J connectivity index is 2.15. The van der Waals surface area contributed by atoms with E-state index in [1.165, 1.54) is 0 Å². The highest BCUT2D eigenvalue weighted by atomic mass is 19.1. The second kappa shape index (κ2) is 5.69. The van der Waals surface area contributed by atoms with Crippen LogP contribution in [0.5, 0.6) is 0 Å². The van der Waals surface area contributed by atoms with Crippen molar-refractivity contribution in [2.24, 2.45) is 0 Å². The lowest BCUT2D eigenvalue weighted by Crippen LogP contribution is -2.42. The third-order valence-electron chi connectivity index (χ3n) is 3.64. The molecular formula is C13H20F2N4. The molecular weight excluding hydrogens is 250 g/mol. The number of pyridine rings is 1. The van der Waals surface area contributed by atoms with Gasteiger partial charge in [0.1, 0.15) is 0 Å². The van der Waals surface area contributed by atoms with Crippen LogP contribution in [0.25, 0.3) is 0 Å². The van der Waals surface area contributed by atoms with Crippen molar-refractivity contribution in [3.05, 3.63) is 17.7 Å². The molecule has 0 unspecified atom stereocenters. The van der Waals surface area contributed by atoms with Gasteiger partial charge in [0.25, 0.3) is 0 Å². The van der Waals surface area contributed by atoms with Gasteiger partial charge in [-0.2, -0.15) is 0 Å². The molecule has 4 nitrogen and oxygen atoms in total. The predicted octanol–water partition coefficient (Wildman–Crippen LogP) is 1.93. The molecule has 0 amide bonds. The van der Waals surface area contributed by atoms with Crippen LogP contribution in [0.15, 0.2) is 6.07 Å². The monoisotopic (exact) mass is 270 g/mol. The summed E-state index contributed by atoms with van der Waals surface area (Å²) in [4.78, 5) is 8.10. The van der Waals surface area contributed by atoms with E-state index in [9.17, 15) is 8.78 Å². The van der Waals surface area contributed by atoms with Crippen LogP contribution in [-0.2, 0) is 0 Å². The van der Waals surface area contributed by atoms with Gasteiger partial charge in [-0.1, -0.05) is 0 Å². The first kappa shape index (κ1) is 14.0. The maximum absolute atomic E-state index is 13.8. The van der Waals surface area contributed by atoms with Gasteiger partial charge in [0.15, 0.2) is 23.3 Å². The summed E-state index contributed by atoms with van der Waals surface area (Å²) in [5.74, 6) is -0.930. The van der Waals surface area contributed by atoms with Crippen molar-refractivity contribution >= 4 is 11.6 Å². The van der Waals surface area contributed by atoms with Crippen LogP contribution in [-0.4, -0.2) is 50.2 Å². The zero-order valence-corrected chi connectivity index (χ0v) is 11.6. The first-order valence-corrected chi connectivity index (χ1v) is 6.48. The number of nitrogens with one attached hydrogen (secondary N) is 1. The first-order chi connectivity index (χ1) is 9.02. The van der Waals surface area contributed by atoms with Gasteiger partial charge in [0, 0.05) is 32.2 Å². The Hall–Kier alpha value is -1.43. The lowest BCUT2D eigenvalue weighted by Gasteiger charge is -2.36. The second-order valence-electron chi connectivity index (χ2n) is 5.06. The molecule has 1 N–H and O–H groups in total. The van der Waals surface area contributed by atoms with Crippen molar-refractivity contribution < 1.29 is 8.78 Å². The van der Waals surface area contributed by atoms with Crippen molar-refractivity contribution in [2.75, 3.05) is 44.4 Å². The normalized spacial score (nSPS) is 17.1. The number of piperidine rings is 1. The van der Waals surface area contributed by atoms with E-state index in [1.807, 2.05) is 4.90 Å². The third kappa shape index (κ3) is 2.94. The summed E-state index contributed by atoms with van der Waals surface area (Å²) in [6, 6.07) is 1.41. The molecule has 2 heterocycles. The molecule has 0 bridgehead atoms. The van der Waals surface area contributed by atoms with E-state index in [1.54, 1.807) is 7.05 Å². The van der Waals surface area contributed by atoms with E-state index in [0.29, 0.717) is 6.04 Å². The summed E-state index contributed by atoms with van der Waals surface area (Å²) in [5.41, 5.74) is 0. The lowest BCUT2D eigenvalue weighted by molar-refractivity contribution is 0.249. The average molecular weight is 270 g/mol. The summed E-state index contributed by atoms with van der Waals surface area (Å²) in [6.45, 7) is 1.48. The molecule has 0 spiro atoms. The first-order valence-electron chi connectivity index (χ1n) is 6.48. The number of aromatic nitrogens is 1. The molecule has 1 aliphatic rings. The number of hydrogen-bond donors (Lipinski definition) is 1. The number of rotatable bonds is 3. The van der Waals surface area contributed by atoms with Crippen molar-refractivity contribution in [3.8, 4) is 0 Å². The van der Waals surface area contributed by atoms with Crippen molar-refractivity contribution in [2.45, 2.75) is 18.9 Å². The molecule has 1 fully saturated rings. The minimum atomic E-state index is -0.660. The Bertz CT molecular complexity index is 443. The molecule has 0 radical (unpaired) electrons. The maximum atomic E-state index is 13.8. The SMILES string of the molecule is CNc1nc(N2CCC(N(C)C)CC2)c(F)cc1F. The second-order valence-corrected chi connectivity index (χ2v) is 5.06. The summed E-state index contributed by atoms with van der Waals surface area (Å²) in [7, 11) is 5.68. The molecule has 1 aromatic rings. The van der Waals surface area contributed by atoms with Gasteiger partial charge in [0.05, 0.1) is 0 Å².